The zero-order valence-corrected chi connectivity index (χ0v) is 10.6. The first kappa shape index (κ1) is 12.6. The van der Waals surface area contributed by atoms with Crippen LogP contribution in [-0.2, 0) is 16.1 Å². The zero-order valence-electron chi connectivity index (χ0n) is 10.6. The molecule has 0 saturated carbocycles. The fourth-order valence-electron chi connectivity index (χ4n) is 1.82. The first-order valence-electron chi connectivity index (χ1n) is 5.91. The van der Waals surface area contributed by atoms with E-state index >= 15 is 0 Å². The molecule has 18 heavy (non-hydrogen) atoms. The second-order valence-electron chi connectivity index (χ2n) is 4.79. The molecular formula is C14H16N2O2. The van der Waals surface area contributed by atoms with Crippen LogP contribution in [0.3, 0.4) is 0 Å². The zero-order chi connectivity index (χ0) is 13.2. The molecule has 4 nitrogen and oxygen atoms in total. The number of amides is 1. The Hall–Kier alpha value is -1.86. The number of aryl methyl sites for hydroxylation is 2. The number of hydrogen-bond acceptors (Lipinski definition) is 3. The number of carbonyl (C=O) groups excluding carboxylic acids is 1. The van der Waals surface area contributed by atoms with Crippen LogP contribution in [0.4, 0.5) is 0 Å². The Morgan fingerprint density at radius 3 is 2.67 bits per heavy atom. The Bertz CT molecular complexity index is 513. The predicted octanol–water partition coefficient (Wildman–Crippen LogP) is 1.46. The molecule has 0 aromatic heterocycles. The maximum absolute atomic E-state index is 11.9. The maximum Gasteiger partial charge on any atom is 0.245 e. The number of hydrogen-bond donors (Lipinski definition) is 1. The van der Waals surface area contributed by atoms with Gasteiger partial charge in [0.1, 0.15) is 0 Å². The summed E-state index contributed by atoms with van der Waals surface area (Å²) in [5.74, 6) is -0.241. The minimum absolute atomic E-state index is 0.197. The predicted molar refractivity (Wildman–Crippen MR) is 66.6 cm³/mol. The van der Waals surface area contributed by atoms with Crippen LogP contribution in [0, 0.1) is 30.6 Å². The number of ether oxygens (including phenoxy) is 1. The van der Waals surface area contributed by atoms with Crippen molar-refractivity contribution in [1.82, 2.24) is 5.32 Å². The van der Waals surface area contributed by atoms with E-state index < -0.39 is 5.41 Å². The highest BCUT2D eigenvalue weighted by Crippen LogP contribution is 2.26. The molecule has 0 spiro atoms. The molecule has 1 saturated heterocycles. The molecule has 1 amide bonds. The summed E-state index contributed by atoms with van der Waals surface area (Å²) in [7, 11) is 0. The van der Waals surface area contributed by atoms with E-state index in [1.165, 1.54) is 11.1 Å². The summed E-state index contributed by atoms with van der Waals surface area (Å²) in [4.78, 5) is 11.9. The molecule has 1 fully saturated rings. The summed E-state index contributed by atoms with van der Waals surface area (Å²) < 4.78 is 4.95. The van der Waals surface area contributed by atoms with Gasteiger partial charge in [0.2, 0.25) is 5.91 Å². The molecule has 0 atom stereocenters. The van der Waals surface area contributed by atoms with E-state index in [-0.39, 0.29) is 19.1 Å². The summed E-state index contributed by atoms with van der Waals surface area (Å²) in [5, 5.41) is 11.8. The van der Waals surface area contributed by atoms with Gasteiger partial charge in [0, 0.05) is 6.54 Å². The highest BCUT2D eigenvalue weighted by Gasteiger charge is 2.46. The van der Waals surface area contributed by atoms with Crippen LogP contribution in [0.15, 0.2) is 18.2 Å². The van der Waals surface area contributed by atoms with E-state index in [0.29, 0.717) is 6.54 Å². The number of nitrogens with one attached hydrogen (secondary N) is 1. The summed E-state index contributed by atoms with van der Waals surface area (Å²) in [6, 6.07) is 8.10. The van der Waals surface area contributed by atoms with Crippen LogP contribution < -0.4 is 5.32 Å². The fourth-order valence-corrected chi connectivity index (χ4v) is 1.82. The molecule has 1 aromatic rings. The average Bonchev–Trinajstić information content (AvgIpc) is 2.30. The van der Waals surface area contributed by atoms with Gasteiger partial charge in [0.25, 0.3) is 0 Å². The molecule has 0 radical (unpaired) electrons. The molecule has 1 aromatic carbocycles. The van der Waals surface area contributed by atoms with Gasteiger partial charge >= 0.3 is 0 Å². The third-order valence-electron chi connectivity index (χ3n) is 3.37. The maximum atomic E-state index is 11.9. The van der Waals surface area contributed by atoms with Crippen LogP contribution in [0.2, 0.25) is 0 Å². The van der Waals surface area contributed by atoms with Gasteiger partial charge in [-0.15, -0.1) is 0 Å². The van der Waals surface area contributed by atoms with Crippen molar-refractivity contribution in [1.29, 1.82) is 5.26 Å². The van der Waals surface area contributed by atoms with Gasteiger partial charge in [-0.25, -0.2) is 0 Å². The topological polar surface area (TPSA) is 62.1 Å². The van der Waals surface area contributed by atoms with Crippen molar-refractivity contribution in [2.24, 2.45) is 5.41 Å². The number of carbonyl (C=O) groups is 1. The standard InChI is InChI=1S/C14H16N2O2/c1-10-3-4-12(5-11(10)2)6-16-13(17)14(7-15)8-18-9-14/h3-5H,6,8-9H2,1-2H3,(H,16,17). The molecular weight excluding hydrogens is 228 g/mol. The van der Waals surface area contributed by atoms with E-state index in [2.05, 4.69) is 5.32 Å². The van der Waals surface area contributed by atoms with Crippen LogP contribution in [0.25, 0.3) is 0 Å². The van der Waals surface area contributed by atoms with Crippen molar-refractivity contribution in [2.75, 3.05) is 13.2 Å². The molecule has 1 N–H and O–H groups in total. The smallest absolute Gasteiger partial charge is 0.245 e. The Morgan fingerprint density at radius 1 is 1.44 bits per heavy atom. The Labute approximate surface area is 107 Å². The third-order valence-corrected chi connectivity index (χ3v) is 3.37. The second kappa shape index (κ2) is 4.79. The molecule has 4 heteroatoms. The lowest BCUT2D eigenvalue weighted by molar-refractivity contribution is -0.150. The molecule has 0 unspecified atom stereocenters. The molecule has 1 aliphatic rings. The lowest BCUT2D eigenvalue weighted by Crippen LogP contribution is -2.52. The third kappa shape index (κ3) is 2.22. The fraction of sp³-hybridized carbons (Fsp3) is 0.429. The van der Waals surface area contributed by atoms with Gasteiger partial charge in [-0.3, -0.25) is 4.79 Å². The van der Waals surface area contributed by atoms with Crippen molar-refractivity contribution in [3.8, 4) is 6.07 Å². The van der Waals surface area contributed by atoms with E-state index in [0.717, 1.165) is 5.56 Å². The van der Waals surface area contributed by atoms with Gasteiger partial charge in [0.15, 0.2) is 5.41 Å². The van der Waals surface area contributed by atoms with Crippen molar-refractivity contribution in [3.63, 3.8) is 0 Å². The van der Waals surface area contributed by atoms with Crippen molar-refractivity contribution in [3.05, 3.63) is 34.9 Å². The molecule has 2 rings (SSSR count). The molecule has 0 aliphatic carbocycles. The van der Waals surface area contributed by atoms with E-state index in [1.807, 2.05) is 38.1 Å². The van der Waals surface area contributed by atoms with Gasteiger partial charge in [-0.05, 0) is 30.5 Å². The van der Waals surface area contributed by atoms with Crippen LogP contribution in [-0.4, -0.2) is 19.1 Å². The van der Waals surface area contributed by atoms with Crippen molar-refractivity contribution >= 4 is 5.91 Å². The average molecular weight is 244 g/mol. The Morgan fingerprint density at radius 2 is 2.17 bits per heavy atom. The highest BCUT2D eigenvalue weighted by atomic mass is 16.5. The summed E-state index contributed by atoms with van der Waals surface area (Å²) in [6.07, 6.45) is 0. The first-order valence-corrected chi connectivity index (χ1v) is 5.91. The molecule has 94 valence electrons. The molecule has 1 heterocycles. The number of nitriles is 1. The van der Waals surface area contributed by atoms with Crippen molar-refractivity contribution in [2.45, 2.75) is 20.4 Å². The lowest BCUT2D eigenvalue weighted by atomic mass is 9.87. The Kier molecular flexibility index (Phi) is 3.35. The van der Waals surface area contributed by atoms with E-state index in [4.69, 9.17) is 10.00 Å². The van der Waals surface area contributed by atoms with Crippen LogP contribution in [0.1, 0.15) is 16.7 Å². The van der Waals surface area contributed by atoms with Gasteiger partial charge in [0.05, 0.1) is 19.3 Å². The van der Waals surface area contributed by atoms with E-state index in [1.54, 1.807) is 0 Å². The summed E-state index contributed by atoms with van der Waals surface area (Å²) in [5.41, 5.74) is 2.49. The van der Waals surface area contributed by atoms with Crippen molar-refractivity contribution < 1.29 is 9.53 Å². The van der Waals surface area contributed by atoms with Gasteiger partial charge in [-0.2, -0.15) is 5.26 Å². The normalized spacial score (nSPS) is 16.5. The van der Waals surface area contributed by atoms with Crippen LogP contribution >= 0.6 is 0 Å². The molecule has 0 bridgehead atoms. The Balaban J connectivity index is 1.97. The number of benzene rings is 1. The van der Waals surface area contributed by atoms with Gasteiger partial charge in [-0.1, -0.05) is 18.2 Å². The minimum Gasteiger partial charge on any atom is -0.377 e. The quantitative estimate of drug-likeness (QED) is 0.875. The largest absolute Gasteiger partial charge is 0.377 e. The van der Waals surface area contributed by atoms with E-state index in [9.17, 15) is 4.79 Å². The number of rotatable bonds is 3. The SMILES string of the molecule is Cc1ccc(CNC(=O)C2(C#N)COC2)cc1C. The second-order valence-corrected chi connectivity index (χ2v) is 4.79. The first-order chi connectivity index (χ1) is 8.57. The molecule has 1 aliphatic heterocycles. The summed E-state index contributed by atoms with van der Waals surface area (Å²) in [6.45, 7) is 4.93. The number of nitrogens with zero attached hydrogens (tertiary/aromatic N) is 1. The minimum atomic E-state index is -0.972. The monoisotopic (exact) mass is 244 g/mol. The highest BCUT2D eigenvalue weighted by molar-refractivity contribution is 5.86. The lowest BCUT2D eigenvalue weighted by Gasteiger charge is -2.33. The summed E-state index contributed by atoms with van der Waals surface area (Å²) >= 11 is 0. The van der Waals surface area contributed by atoms with Crippen LogP contribution in [0.5, 0.6) is 0 Å². The van der Waals surface area contributed by atoms with Gasteiger partial charge < -0.3 is 10.1 Å².